The Bertz CT molecular complexity index is 1020. The summed E-state index contributed by atoms with van der Waals surface area (Å²) in [5, 5.41) is 5.62. The van der Waals surface area contributed by atoms with E-state index in [-0.39, 0.29) is 11.8 Å². The van der Waals surface area contributed by atoms with Crippen LogP contribution >= 0.6 is 0 Å². The van der Waals surface area contributed by atoms with Crippen molar-refractivity contribution in [3.63, 3.8) is 0 Å². The Morgan fingerprint density at radius 3 is 2.71 bits per heavy atom. The van der Waals surface area contributed by atoms with Crippen molar-refractivity contribution in [2.75, 3.05) is 10.6 Å². The van der Waals surface area contributed by atoms with Crippen LogP contribution in [-0.2, 0) is 11.2 Å². The smallest absolute Gasteiger partial charge is 0.265 e. The largest absolute Gasteiger partial charge is 0.480 e. The van der Waals surface area contributed by atoms with Crippen molar-refractivity contribution in [2.45, 2.75) is 19.4 Å². The summed E-state index contributed by atoms with van der Waals surface area (Å²) in [4.78, 5) is 29.2. The van der Waals surface area contributed by atoms with Gasteiger partial charge in [-0.15, -0.1) is 0 Å². The molecule has 0 radical (unpaired) electrons. The van der Waals surface area contributed by atoms with Gasteiger partial charge in [-0.3, -0.25) is 9.59 Å². The van der Waals surface area contributed by atoms with Gasteiger partial charge in [-0.05, 0) is 48.4 Å². The standard InChI is InChI=1S/C22H19N3O3/c1-14-6-5-11-23-20(14)25-21(26)16-8-4-9-17(12-16)24-22(27)19-13-15-7-2-3-10-18(15)28-19/h2-12,19H,13H2,1H3,(H,24,27)(H,23,25,26). The molecule has 0 fully saturated rings. The number of nitrogens with one attached hydrogen (secondary N) is 2. The molecular formula is C22H19N3O3. The van der Waals surface area contributed by atoms with Crippen molar-refractivity contribution in [3.05, 3.63) is 83.6 Å². The van der Waals surface area contributed by atoms with Crippen LogP contribution in [0.15, 0.2) is 66.9 Å². The number of hydrogen-bond acceptors (Lipinski definition) is 4. The van der Waals surface area contributed by atoms with Gasteiger partial charge in [-0.25, -0.2) is 4.98 Å². The number of aromatic nitrogens is 1. The highest BCUT2D eigenvalue weighted by Gasteiger charge is 2.28. The number of amides is 2. The van der Waals surface area contributed by atoms with Gasteiger partial charge in [-0.1, -0.05) is 30.3 Å². The lowest BCUT2D eigenvalue weighted by atomic mass is 10.1. The SMILES string of the molecule is Cc1cccnc1NC(=O)c1cccc(NC(=O)C2Cc3ccccc3O2)c1. The monoisotopic (exact) mass is 373 g/mol. The molecule has 6 nitrogen and oxygen atoms in total. The van der Waals surface area contributed by atoms with Crippen LogP contribution in [0.2, 0.25) is 0 Å². The van der Waals surface area contributed by atoms with E-state index in [0.717, 1.165) is 16.9 Å². The van der Waals surface area contributed by atoms with E-state index >= 15 is 0 Å². The lowest BCUT2D eigenvalue weighted by Crippen LogP contribution is -2.31. The van der Waals surface area contributed by atoms with E-state index in [1.165, 1.54) is 0 Å². The van der Waals surface area contributed by atoms with E-state index in [2.05, 4.69) is 15.6 Å². The van der Waals surface area contributed by atoms with Crippen molar-refractivity contribution in [2.24, 2.45) is 0 Å². The minimum Gasteiger partial charge on any atom is -0.480 e. The quantitative estimate of drug-likeness (QED) is 0.732. The molecule has 0 saturated heterocycles. The van der Waals surface area contributed by atoms with Gasteiger partial charge in [0.15, 0.2) is 6.10 Å². The fourth-order valence-corrected chi connectivity index (χ4v) is 3.09. The van der Waals surface area contributed by atoms with Crippen molar-refractivity contribution >= 4 is 23.3 Å². The predicted molar refractivity (Wildman–Crippen MR) is 107 cm³/mol. The summed E-state index contributed by atoms with van der Waals surface area (Å²) in [5.74, 6) is 0.720. The number of pyridine rings is 1. The molecule has 6 heteroatoms. The molecule has 2 heterocycles. The molecular weight excluding hydrogens is 354 g/mol. The van der Waals surface area contributed by atoms with Crippen molar-refractivity contribution in [1.82, 2.24) is 4.98 Å². The summed E-state index contributed by atoms with van der Waals surface area (Å²) in [6, 6.07) is 18.1. The number of nitrogens with zero attached hydrogens (tertiary/aromatic N) is 1. The van der Waals surface area contributed by atoms with Crippen molar-refractivity contribution in [1.29, 1.82) is 0 Å². The number of carbonyl (C=O) groups is 2. The highest BCUT2D eigenvalue weighted by Crippen LogP contribution is 2.28. The number of fused-ring (bicyclic) bond motifs is 1. The summed E-state index contributed by atoms with van der Waals surface area (Å²) in [7, 11) is 0. The summed E-state index contributed by atoms with van der Waals surface area (Å²) >= 11 is 0. The Labute approximate surface area is 162 Å². The lowest BCUT2D eigenvalue weighted by molar-refractivity contribution is -0.122. The van der Waals surface area contributed by atoms with Crippen LogP contribution in [0.1, 0.15) is 21.5 Å². The van der Waals surface area contributed by atoms with E-state index in [9.17, 15) is 9.59 Å². The highest BCUT2D eigenvalue weighted by atomic mass is 16.5. The van der Waals surface area contributed by atoms with Gasteiger partial charge in [0, 0.05) is 23.9 Å². The maximum absolute atomic E-state index is 12.6. The molecule has 1 aliphatic rings. The molecule has 2 aromatic carbocycles. The summed E-state index contributed by atoms with van der Waals surface area (Å²) in [5.41, 5.74) is 2.85. The van der Waals surface area contributed by atoms with Crippen LogP contribution in [0.3, 0.4) is 0 Å². The molecule has 0 bridgehead atoms. The van der Waals surface area contributed by atoms with E-state index < -0.39 is 6.10 Å². The van der Waals surface area contributed by atoms with E-state index in [1.54, 1.807) is 30.5 Å². The van der Waals surface area contributed by atoms with E-state index in [0.29, 0.717) is 23.5 Å². The first-order valence-corrected chi connectivity index (χ1v) is 8.98. The molecule has 1 atom stereocenters. The van der Waals surface area contributed by atoms with Gasteiger partial charge in [0.1, 0.15) is 11.6 Å². The lowest BCUT2D eigenvalue weighted by Gasteiger charge is -2.12. The Kier molecular flexibility index (Phi) is 4.76. The maximum Gasteiger partial charge on any atom is 0.265 e. The third kappa shape index (κ3) is 3.71. The molecule has 3 aromatic rings. The third-order valence-electron chi connectivity index (χ3n) is 4.57. The summed E-state index contributed by atoms with van der Waals surface area (Å²) in [6.07, 6.45) is 1.58. The fourth-order valence-electron chi connectivity index (χ4n) is 3.09. The molecule has 28 heavy (non-hydrogen) atoms. The molecule has 2 N–H and O–H groups in total. The highest BCUT2D eigenvalue weighted by molar-refractivity contribution is 6.05. The molecule has 2 amide bonds. The maximum atomic E-state index is 12.6. The summed E-state index contributed by atoms with van der Waals surface area (Å²) in [6.45, 7) is 1.87. The number of aryl methyl sites for hydroxylation is 1. The van der Waals surface area contributed by atoms with Crippen LogP contribution in [0, 0.1) is 6.92 Å². The number of benzene rings is 2. The van der Waals surface area contributed by atoms with Gasteiger partial charge in [0.25, 0.3) is 11.8 Å². The zero-order valence-electron chi connectivity index (χ0n) is 15.3. The van der Waals surface area contributed by atoms with Gasteiger partial charge in [-0.2, -0.15) is 0 Å². The molecule has 4 rings (SSSR count). The van der Waals surface area contributed by atoms with Crippen LogP contribution < -0.4 is 15.4 Å². The molecule has 0 spiro atoms. The summed E-state index contributed by atoms with van der Waals surface area (Å²) < 4.78 is 5.71. The Balaban J connectivity index is 1.43. The second-order valence-electron chi connectivity index (χ2n) is 6.61. The molecule has 0 saturated carbocycles. The number of anilines is 2. The van der Waals surface area contributed by atoms with Gasteiger partial charge < -0.3 is 15.4 Å². The second kappa shape index (κ2) is 7.52. The Morgan fingerprint density at radius 1 is 1.04 bits per heavy atom. The van der Waals surface area contributed by atoms with Crippen LogP contribution in [0.25, 0.3) is 0 Å². The minimum atomic E-state index is -0.578. The molecule has 0 aliphatic carbocycles. The molecule has 1 unspecified atom stereocenters. The average molecular weight is 373 g/mol. The minimum absolute atomic E-state index is 0.241. The first-order valence-electron chi connectivity index (χ1n) is 8.98. The number of hydrogen-bond donors (Lipinski definition) is 2. The normalized spacial score (nSPS) is 14.7. The average Bonchev–Trinajstić information content (AvgIpc) is 3.14. The van der Waals surface area contributed by atoms with Gasteiger partial charge in [0.05, 0.1) is 0 Å². The van der Waals surface area contributed by atoms with Crippen LogP contribution in [-0.4, -0.2) is 22.9 Å². The van der Waals surface area contributed by atoms with Gasteiger partial charge in [0.2, 0.25) is 0 Å². The zero-order valence-corrected chi connectivity index (χ0v) is 15.3. The number of ether oxygens (including phenoxy) is 1. The third-order valence-corrected chi connectivity index (χ3v) is 4.57. The molecule has 1 aromatic heterocycles. The van der Waals surface area contributed by atoms with E-state index in [4.69, 9.17) is 4.74 Å². The first kappa shape index (κ1) is 17.7. The predicted octanol–water partition coefficient (Wildman–Crippen LogP) is 3.58. The number of carbonyl (C=O) groups excluding carboxylic acids is 2. The zero-order chi connectivity index (χ0) is 19.5. The molecule has 1 aliphatic heterocycles. The Morgan fingerprint density at radius 2 is 1.89 bits per heavy atom. The molecule has 140 valence electrons. The van der Waals surface area contributed by atoms with Crippen molar-refractivity contribution in [3.8, 4) is 5.75 Å². The second-order valence-corrected chi connectivity index (χ2v) is 6.61. The first-order chi connectivity index (χ1) is 13.6. The van der Waals surface area contributed by atoms with Gasteiger partial charge >= 0.3 is 0 Å². The number of rotatable bonds is 4. The Hall–Kier alpha value is -3.67. The topological polar surface area (TPSA) is 80.3 Å². The number of para-hydroxylation sites is 1. The van der Waals surface area contributed by atoms with Crippen LogP contribution in [0.4, 0.5) is 11.5 Å². The van der Waals surface area contributed by atoms with Crippen molar-refractivity contribution < 1.29 is 14.3 Å². The fraction of sp³-hybridized carbons (Fsp3) is 0.136. The van der Waals surface area contributed by atoms with E-state index in [1.807, 2.05) is 43.3 Å². The van der Waals surface area contributed by atoms with Crippen LogP contribution in [0.5, 0.6) is 5.75 Å².